The van der Waals surface area contributed by atoms with E-state index in [1.165, 1.54) is 48.7 Å². The Morgan fingerprint density at radius 1 is 1.11 bits per heavy atom. The lowest BCUT2D eigenvalue weighted by molar-refractivity contribution is -0.384. The van der Waals surface area contributed by atoms with Gasteiger partial charge in [0.15, 0.2) is 5.43 Å². The third kappa shape index (κ3) is 6.68. The van der Waals surface area contributed by atoms with Gasteiger partial charge in [0, 0.05) is 18.2 Å². The fraction of sp³-hybridized carbons (Fsp3) is 0.346. The molecule has 0 bridgehead atoms. The summed E-state index contributed by atoms with van der Waals surface area (Å²) in [7, 11) is 0. The molecule has 36 heavy (non-hydrogen) atoms. The van der Waals surface area contributed by atoms with Crippen molar-refractivity contribution in [2.45, 2.75) is 52.7 Å². The summed E-state index contributed by atoms with van der Waals surface area (Å²) in [5, 5.41) is 13.7. The van der Waals surface area contributed by atoms with Gasteiger partial charge in [0.2, 0.25) is 0 Å². The molecule has 1 aromatic heterocycles. The number of rotatable bonds is 7. The summed E-state index contributed by atoms with van der Waals surface area (Å²) in [5.41, 5.74) is -0.257. The van der Waals surface area contributed by atoms with Gasteiger partial charge in [-0.2, -0.15) is 0 Å². The van der Waals surface area contributed by atoms with Gasteiger partial charge in [0.05, 0.1) is 15.9 Å². The number of carbonyl (C=O) groups excluding carboxylic acids is 2. The standard InChI is InChI=1S/C26H28N2O8/c1-15(2)12-21(27-25(31)36-26(3,4)5)24(30)35-18-10-11-19-22(13-18)34-14-20(23(19)29)16-6-8-17(9-7-16)28(32)33/h6-11,13-15,21H,12H2,1-5H3,(H,27,31). The summed E-state index contributed by atoms with van der Waals surface area (Å²) in [6.45, 7) is 8.98. The quantitative estimate of drug-likeness (QED) is 0.203. The average Bonchev–Trinajstić information content (AvgIpc) is 2.77. The van der Waals surface area contributed by atoms with E-state index in [1.807, 2.05) is 13.8 Å². The van der Waals surface area contributed by atoms with Crippen molar-refractivity contribution in [1.82, 2.24) is 5.32 Å². The van der Waals surface area contributed by atoms with Gasteiger partial charge in [-0.1, -0.05) is 13.8 Å². The number of amides is 1. The largest absolute Gasteiger partial charge is 0.463 e. The zero-order chi connectivity index (χ0) is 26.6. The van der Waals surface area contributed by atoms with Crippen LogP contribution in [-0.4, -0.2) is 28.6 Å². The minimum atomic E-state index is -0.938. The van der Waals surface area contributed by atoms with Crippen LogP contribution >= 0.6 is 0 Å². The van der Waals surface area contributed by atoms with E-state index in [1.54, 1.807) is 20.8 Å². The van der Waals surface area contributed by atoms with Crippen molar-refractivity contribution in [3.63, 3.8) is 0 Å². The first-order valence-corrected chi connectivity index (χ1v) is 11.4. The Hall–Kier alpha value is -4.21. The Balaban J connectivity index is 1.82. The zero-order valence-corrected chi connectivity index (χ0v) is 20.7. The van der Waals surface area contributed by atoms with Crippen LogP contribution in [0, 0.1) is 16.0 Å². The Labute approximate surface area is 207 Å². The number of hydrogen-bond acceptors (Lipinski definition) is 8. The van der Waals surface area contributed by atoms with Crippen molar-refractivity contribution < 1.29 is 28.4 Å². The number of alkyl carbamates (subject to hydrolysis) is 1. The van der Waals surface area contributed by atoms with Crippen molar-refractivity contribution in [3.05, 3.63) is 69.1 Å². The van der Waals surface area contributed by atoms with E-state index in [4.69, 9.17) is 13.9 Å². The monoisotopic (exact) mass is 496 g/mol. The number of nitrogens with one attached hydrogen (secondary N) is 1. The van der Waals surface area contributed by atoms with E-state index in [0.29, 0.717) is 12.0 Å². The third-order valence-corrected chi connectivity index (χ3v) is 5.04. The summed E-state index contributed by atoms with van der Waals surface area (Å²) in [5.74, 6) is -0.456. The first-order chi connectivity index (χ1) is 16.8. The highest BCUT2D eigenvalue weighted by molar-refractivity contribution is 5.86. The highest BCUT2D eigenvalue weighted by atomic mass is 16.6. The number of fused-ring (bicyclic) bond motifs is 1. The van der Waals surface area contributed by atoms with Gasteiger partial charge in [-0.3, -0.25) is 14.9 Å². The maximum Gasteiger partial charge on any atom is 0.408 e. The number of ether oxygens (including phenoxy) is 2. The summed E-state index contributed by atoms with van der Waals surface area (Å²) >= 11 is 0. The number of benzene rings is 2. The molecule has 1 unspecified atom stereocenters. The minimum Gasteiger partial charge on any atom is -0.463 e. The van der Waals surface area contributed by atoms with Crippen LogP contribution in [0.2, 0.25) is 0 Å². The Bertz CT molecular complexity index is 1340. The van der Waals surface area contributed by atoms with Crippen LogP contribution < -0.4 is 15.5 Å². The minimum absolute atomic E-state index is 0.0879. The predicted octanol–water partition coefficient (Wildman–Crippen LogP) is 5.21. The van der Waals surface area contributed by atoms with Crippen molar-refractivity contribution in [1.29, 1.82) is 0 Å². The second-order valence-electron chi connectivity index (χ2n) is 9.69. The summed E-state index contributed by atoms with van der Waals surface area (Å²) in [6, 6.07) is 8.95. The maximum absolute atomic E-state index is 13.0. The summed E-state index contributed by atoms with van der Waals surface area (Å²) < 4.78 is 16.3. The Morgan fingerprint density at radius 2 is 1.78 bits per heavy atom. The van der Waals surface area contributed by atoms with Crippen LogP contribution in [0.25, 0.3) is 22.1 Å². The molecule has 10 nitrogen and oxygen atoms in total. The highest BCUT2D eigenvalue weighted by Crippen LogP contribution is 2.25. The smallest absolute Gasteiger partial charge is 0.408 e. The molecule has 1 amide bonds. The average molecular weight is 497 g/mol. The first-order valence-electron chi connectivity index (χ1n) is 11.4. The Morgan fingerprint density at radius 3 is 2.36 bits per heavy atom. The Kier molecular flexibility index (Phi) is 7.77. The fourth-order valence-electron chi connectivity index (χ4n) is 3.46. The molecule has 0 saturated carbocycles. The summed E-state index contributed by atoms with van der Waals surface area (Å²) in [4.78, 5) is 48.4. The molecule has 1 atom stereocenters. The van der Waals surface area contributed by atoms with Gasteiger partial charge in [-0.25, -0.2) is 9.59 Å². The van der Waals surface area contributed by atoms with Gasteiger partial charge >= 0.3 is 12.1 Å². The molecule has 0 spiro atoms. The molecule has 0 saturated heterocycles. The molecular formula is C26H28N2O8. The fourth-order valence-corrected chi connectivity index (χ4v) is 3.46. The topological polar surface area (TPSA) is 138 Å². The van der Waals surface area contributed by atoms with E-state index >= 15 is 0 Å². The SMILES string of the molecule is CC(C)CC(NC(=O)OC(C)(C)C)C(=O)Oc1ccc2c(=O)c(-c3ccc([N+](=O)[O-])cc3)coc2c1. The summed E-state index contributed by atoms with van der Waals surface area (Å²) in [6.07, 6.45) is 0.857. The molecular weight excluding hydrogens is 468 g/mol. The van der Waals surface area contributed by atoms with Crippen molar-refractivity contribution >= 4 is 28.7 Å². The number of hydrogen-bond donors (Lipinski definition) is 1. The second-order valence-corrected chi connectivity index (χ2v) is 9.69. The molecule has 190 valence electrons. The third-order valence-electron chi connectivity index (χ3n) is 5.04. The van der Waals surface area contributed by atoms with Crippen LogP contribution in [0.5, 0.6) is 5.75 Å². The molecule has 3 rings (SSSR count). The number of non-ortho nitro benzene ring substituents is 1. The molecule has 0 aliphatic carbocycles. The van der Waals surface area contributed by atoms with Crippen LogP contribution in [0.1, 0.15) is 41.0 Å². The first kappa shape index (κ1) is 26.4. The van der Waals surface area contributed by atoms with Crippen LogP contribution in [0.15, 0.2) is 57.9 Å². The second kappa shape index (κ2) is 10.6. The maximum atomic E-state index is 13.0. The van der Waals surface area contributed by atoms with Gasteiger partial charge in [-0.15, -0.1) is 0 Å². The molecule has 10 heteroatoms. The molecule has 1 heterocycles. The zero-order valence-electron chi connectivity index (χ0n) is 20.7. The van der Waals surface area contributed by atoms with E-state index in [9.17, 15) is 24.5 Å². The molecule has 0 radical (unpaired) electrons. The lowest BCUT2D eigenvalue weighted by Crippen LogP contribution is -2.45. The van der Waals surface area contributed by atoms with Crippen molar-refractivity contribution in [2.24, 2.45) is 5.92 Å². The molecule has 0 aliphatic rings. The van der Waals surface area contributed by atoms with Crippen LogP contribution in [0.4, 0.5) is 10.5 Å². The number of carbonyl (C=O) groups is 2. The predicted molar refractivity (Wildman–Crippen MR) is 133 cm³/mol. The molecule has 3 aromatic rings. The molecule has 0 fully saturated rings. The van der Waals surface area contributed by atoms with Crippen molar-refractivity contribution in [3.8, 4) is 16.9 Å². The lowest BCUT2D eigenvalue weighted by atomic mass is 10.0. The van der Waals surface area contributed by atoms with E-state index in [2.05, 4.69) is 5.32 Å². The van der Waals surface area contributed by atoms with Crippen molar-refractivity contribution in [2.75, 3.05) is 0 Å². The van der Waals surface area contributed by atoms with Gasteiger partial charge in [0.1, 0.15) is 29.2 Å². The van der Waals surface area contributed by atoms with Crippen LogP contribution in [-0.2, 0) is 9.53 Å². The van der Waals surface area contributed by atoms with Gasteiger partial charge in [0.25, 0.3) is 5.69 Å². The van der Waals surface area contributed by atoms with E-state index < -0.39 is 28.6 Å². The number of nitro benzene ring substituents is 1. The number of esters is 1. The van der Waals surface area contributed by atoms with Gasteiger partial charge in [-0.05, 0) is 62.9 Å². The highest BCUT2D eigenvalue weighted by Gasteiger charge is 2.27. The van der Waals surface area contributed by atoms with Gasteiger partial charge < -0.3 is 19.2 Å². The molecule has 1 N–H and O–H groups in total. The van der Waals surface area contributed by atoms with E-state index in [-0.39, 0.29) is 39.3 Å². The van der Waals surface area contributed by atoms with E-state index in [0.717, 1.165) is 0 Å². The normalized spacial score (nSPS) is 12.3. The molecule has 0 aliphatic heterocycles. The van der Waals surface area contributed by atoms with Crippen LogP contribution in [0.3, 0.4) is 0 Å². The molecule has 2 aromatic carbocycles. The number of nitro groups is 1. The lowest BCUT2D eigenvalue weighted by Gasteiger charge is -2.23. The number of nitrogens with zero attached hydrogens (tertiary/aromatic N) is 1.